The van der Waals surface area contributed by atoms with Gasteiger partial charge in [-0.2, -0.15) is 0 Å². The van der Waals surface area contributed by atoms with E-state index in [2.05, 4.69) is 40.8 Å². The van der Waals surface area contributed by atoms with E-state index in [-0.39, 0.29) is 34.0 Å². The highest BCUT2D eigenvalue weighted by Crippen LogP contribution is 2.26. The van der Waals surface area contributed by atoms with Crippen LogP contribution in [0, 0.1) is 13.8 Å². The van der Waals surface area contributed by atoms with Gasteiger partial charge in [-0.3, -0.25) is 14.2 Å². The van der Waals surface area contributed by atoms with Crippen molar-refractivity contribution in [3.8, 4) is 0 Å². The lowest BCUT2D eigenvalue weighted by atomic mass is 9.93. The van der Waals surface area contributed by atoms with Crippen LogP contribution in [-0.2, 0) is 25.5 Å². The molecule has 2 aromatic carbocycles. The van der Waals surface area contributed by atoms with E-state index in [1.54, 1.807) is 35.7 Å². The highest BCUT2D eigenvalue weighted by molar-refractivity contribution is 7.92. The summed E-state index contributed by atoms with van der Waals surface area (Å²) in [6.07, 6.45) is 0.183. The van der Waals surface area contributed by atoms with Gasteiger partial charge in [-0.25, -0.2) is 26.1 Å². The summed E-state index contributed by atoms with van der Waals surface area (Å²) in [5, 5.41) is 11.7. The molecule has 2 aromatic heterocycles. The van der Waals surface area contributed by atoms with E-state index in [1.807, 2.05) is 19.9 Å². The summed E-state index contributed by atoms with van der Waals surface area (Å²) in [5.41, 5.74) is 3.33. The molecule has 2 N–H and O–H groups in total. The number of carbonyl (C=O) groups excluding carboxylic acids is 1. The first-order chi connectivity index (χ1) is 19.0. The van der Waals surface area contributed by atoms with E-state index in [9.17, 15) is 21.6 Å². The number of aryl methyl sites for hydroxylation is 2. The molecule has 1 unspecified atom stereocenters. The van der Waals surface area contributed by atoms with Crippen LogP contribution in [0.3, 0.4) is 0 Å². The predicted octanol–water partition coefficient (Wildman–Crippen LogP) is 4.05. The Morgan fingerprint density at radius 3 is 2.32 bits per heavy atom. The number of H-pyrrole nitrogens is 1. The smallest absolute Gasteiger partial charge is 0.265 e. The van der Waals surface area contributed by atoms with Gasteiger partial charge in [0.1, 0.15) is 0 Å². The number of amides is 1. The number of aromatic amines is 1. The maximum atomic E-state index is 13.3. The Labute approximate surface area is 241 Å². The number of benzene rings is 2. The van der Waals surface area contributed by atoms with Gasteiger partial charge >= 0.3 is 0 Å². The van der Waals surface area contributed by atoms with Crippen molar-refractivity contribution in [1.82, 2.24) is 24.5 Å². The minimum absolute atomic E-state index is 0.0414. The maximum absolute atomic E-state index is 13.3. The van der Waals surface area contributed by atoms with Crippen LogP contribution in [0.15, 0.2) is 53.4 Å². The number of rotatable bonds is 9. The Kier molecular flexibility index (Phi) is 8.07. The van der Waals surface area contributed by atoms with Gasteiger partial charge in [-0.05, 0) is 50.1 Å². The van der Waals surface area contributed by atoms with Gasteiger partial charge in [-0.15, -0.1) is 10.2 Å². The number of anilines is 1. The van der Waals surface area contributed by atoms with Crippen molar-refractivity contribution in [3.63, 3.8) is 0 Å². The first-order valence-electron chi connectivity index (χ1n) is 13.2. The second kappa shape index (κ2) is 10.9. The van der Waals surface area contributed by atoms with Crippen LogP contribution in [0.2, 0.25) is 0 Å². The van der Waals surface area contributed by atoms with Crippen molar-refractivity contribution in [2.24, 2.45) is 0 Å². The molecule has 4 rings (SSSR count). The van der Waals surface area contributed by atoms with E-state index in [1.165, 1.54) is 25.2 Å². The predicted molar refractivity (Wildman–Crippen MR) is 158 cm³/mol. The highest BCUT2D eigenvalue weighted by atomic mass is 32.2. The van der Waals surface area contributed by atoms with Gasteiger partial charge in [0.05, 0.1) is 16.3 Å². The molecule has 0 saturated heterocycles. The average Bonchev–Trinajstić information content (AvgIpc) is 3.49. The third-order valence-corrected chi connectivity index (χ3v) is 10.1. The third kappa shape index (κ3) is 6.46. The minimum Gasteiger partial charge on any atom is -0.295 e. The first kappa shape index (κ1) is 30.3. The van der Waals surface area contributed by atoms with Gasteiger partial charge in [-0.1, -0.05) is 51.5 Å². The van der Waals surface area contributed by atoms with E-state index in [4.69, 9.17) is 0 Å². The lowest BCUT2D eigenvalue weighted by Crippen LogP contribution is -2.34. The van der Waals surface area contributed by atoms with E-state index >= 15 is 0 Å². The van der Waals surface area contributed by atoms with Crippen LogP contribution in [0.1, 0.15) is 73.0 Å². The Bertz CT molecular complexity index is 1800. The summed E-state index contributed by atoms with van der Waals surface area (Å²) in [7, 11) is -6.63. The van der Waals surface area contributed by atoms with Crippen LogP contribution < -0.4 is 9.03 Å². The molecule has 41 heavy (non-hydrogen) atoms. The second-order valence-corrected chi connectivity index (χ2v) is 15.2. The third-order valence-electron chi connectivity index (χ3n) is 7.05. The molecular formula is C28H36N6O5S2. The molecule has 0 saturated carbocycles. The standard InChI is InChI=1S/C28H36N6O5S2/c1-18-8-11-21(12-9-18)33(7)41(38,39)22-13-10-19(2)23(16-22)27(35)32-40(36,37)15-14-20(3)26-30-29-25-17-24(28(4,5)6)31-34(25)26/h8-13,16-17,20,31H,14-15H2,1-7H3,(H,32,35). The lowest BCUT2D eigenvalue weighted by molar-refractivity contribution is 0.0980. The topological polar surface area (TPSA) is 147 Å². The summed E-state index contributed by atoms with van der Waals surface area (Å²) in [4.78, 5) is 12.9. The van der Waals surface area contributed by atoms with Gasteiger partial charge < -0.3 is 0 Å². The molecule has 4 aromatic rings. The maximum Gasteiger partial charge on any atom is 0.265 e. The van der Waals surface area contributed by atoms with Crippen molar-refractivity contribution in [2.75, 3.05) is 17.1 Å². The number of hydrogen-bond acceptors (Lipinski definition) is 7. The molecule has 0 aliphatic carbocycles. The van der Waals surface area contributed by atoms with Crippen molar-refractivity contribution >= 4 is 37.3 Å². The van der Waals surface area contributed by atoms with Crippen molar-refractivity contribution < 1.29 is 21.6 Å². The molecule has 0 fully saturated rings. The lowest BCUT2D eigenvalue weighted by Gasteiger charge is -2.20. The van der Waals surface area contributed by atoms with Crippen LogP contribution in [-0.4, -0.2) is 55.4 Å². The molecule has 13 heteroatoms. The number of aromatic nitrogens is 4. The number of nitrogens with one attached hydrogen (secondary N) is 2. The quantitative estimate of drug-likeness (QED) is 0.295. The normalized spacial score (nSPS) is 13.3. The van der Waals surface area contributed by atoms with Crippen LogP contribution in [0.4, 0.5) is 5.69 Å². The molecule has 0 aliphatic rings. The van der Waals surface area contributed by atoms with Gasteiger partial charge in [0.15, 0.2) is 11.5 Å². The summed E-state index contributed by atoms with van der Waals surface area (Å²) in [6, 6.07) is 13.0. The summed E-state index contributed by atoms with van der Waals surface area (Å²) >= 11 is 0. The monoisotopic (exact) mass is 600 g/mol. The first-order valence-corrected chi connectivity index (χ1v) is 16.2. The molecule has 1 atom stereocenters. The highest BCUT2D eigenvalue weighted by Gasteiger charge is 2.26. The number of sulfonamides is 2. The molecular weight excluding hydrogens is 564 g/mol. The fourth-order valence-corrected chi connectivity index (χ4v) is 6.65. The van der Waals surface area contributed by atoms with E-state index < -0.39 is 26.0 Å². The number of fused-ring (bicyclic) bond motifs is 1. The molecule has 0 spiro atoms. The molecule has 220 valence electrons. The average molecular weight is 601 g/mol. The van der Waals surface area contributed by atoms with Crippen LogP contribution in [0.25, 0.3) is 5.65 Å². The molecule has 11 nitrogen and oxygen atoms in total. The van der Waals surface area contributed by atoms with Crippen LogP contribution >= 0.6 is 0 Å². The van der Waals surface area contributed by atoms with Crippen molar-refractivity contribution in [1.29, 1.82) is 0 Å². The summed E-state index contributed by atoms with van der Waals surface area (Å²) < 4.78 is 57.3. The van der Waals surface area contributed by atoms with Crippen LogP contribution in [0.5, 0.6) is 0 Å². The fraction of sp³-hybridized carbons (Fsp3) is 0.393. The minimum atomic E-state index is -4.04. The zero-order valence-corrected chi connectivity index (χ0v) is 25.9. The van der Waals surface area contributed by atoms with Crippen molar-refractivity contribution in [2.45, 2.75) is 64.2 Å². The number of nitrogens with zero attached hydrogens (tertiary/aromatic N) is 4. The summed E-state index contributed by atoms with van der Waals surface area (Å²) in [6.45, 7) is 11.6. The second-order valence-electron chi connectivity index (χ2n) is 11.4. The molecule has 0 radical (unpaired) electrons. The zero-order valence-electron chi connectivity index (χ0n) is 24.3. The van der Waals surface area contributed by atoms with E-state index in [0.29, 0.717) is 22.7 Å². The largest absolute Gasteiger partial charge is 0.295 e. The molecule has 2 heterocycles. The van der Waals surface area contributed by atoms with Gasteiger partial charge in [0.2, 0.25) is 10.0 Å². The number of hydrogen-bond donors (Lipinski definition) is 2. The number of carbonyl (C=O) groups is 1. The SMILES string of the molecule is Cc1ccc(N(C)S(=O)(=O)c2ccc(C)c(C(=O)NS(=O)(=O)CCC(C)c3nnc4cc(C(C)(C)C)[nH]n34)c2)cc1. The Morgan fingerprint density at radius 1 is 1.02 bits per heavy atom. The van der Waals surface area contributed by atoms with E-state index in [0.717, 1.165) is 15.6 Å². The fourth-order valence-electron chi connectivity index (χ4n) is 4.27. The molecule has 0 bridgehead atoms. The Balaban J connectivity index is 1.48. The molecule has 1 amide bonds. The zero-order chi connectivity index (χ0) is 30.3. The van der Waals surface area contributed by atoms with Gasteiger partial charge in [0.25, 0.3) is 15.9 Å². The van der Waals surface area contributed by atoms with Crippen molar-refractivity contribution in [3.05, 3.63) is 76.7 Å². The molecule has 0 aliphatic heterocycles. The van der Waals surface area contributed by atoms with Gasteiger partial charge in [0, 0.05) is 35.7 Å². The summed E-state index contributed by atoms with van der Waals surface area (Å²) in [5.74, 6) is -0.928. The Morgan fingerprint density at radius 2 is 1.68 bits per heavy atom. The Hall–Kier alpha value is -3.71.